The number of rotatable bonds is 4. The maximum atomic E-state index is 2.52. The van der Waals surface area contributed by atoms with Crippen molar-refractivity contribution in [1.29, 1.82) is 0 Å². The van der Waals surface area contributed by atoms with Crippen LogP contribution < -0.4 is 0 Å². The normalized spacial score (nSPS) is 11.9. The Hall–Kier alpha value is -6.24. The Kier molecular flexibility index (Phi) is 7.87. The van der Waals surface area contributed by atoms with E-state index in [1.807, 2.05) is 0 Å². The van der Waals surface area contributed by atoms with Gasteiger partial charge in [-0.25, -0.2) is 0 Å². The van der Waals surface area contributed by atoms with Crippen LogP contribution in [0.5, 0.6) is 0 Å². The van der Waals surface area contributed by atoms with Crippen molar-refractivity contribution in [3.05, 3.63) is 192 Å². The molecule has 1 heteroatoms. The zero-order valence-electron chi connectivity index (χ0n) is 32.6. The molecule has 270 valence electrons. The van der Waals surface area contributed by atoms with E-state index in [1.165, 1.54) is 129 Å². The molecule has 0 bridgehead atoms. The molecule has 1 aromatic heterocycles. The summed E-state index contributed by atoms with van der Waals surface area (Å²) in [4.78, 5) is 0. The average molecular weight is 792 g/mol. The second-order valence-corrected chi connectivity index (χ2v) is 18.0. The zero-order chi connectivity index (χ0) is 38.4. The zero-order valence-corrected chi connectivity index (χ0v) is 34.3. The average Bonchev–Trinajstić information content (AvgIpc) is 3.61. The Labute approximate surface area is 339 Å². The van der Waals surface area contributed by atoms with Crippen LogP contribution in [0.3, 0.4) is 0 Å². The molecular weight excluding hydrogens is 752 g/mol. The monoisotopic (exact) mass is 792 g/mol. The van der Waals surface area contributed by atoms with E-state index in [0.29, 0.717) is 0 Å². The molecule has 1 heterocycles. The van der Waals surface area contributed by atoms with Gasteiger partial charge < -0.3 is 0 Å². The summed E-state index contributed by atoms with van der Waals surface area (Å²) in [5, 5.41) is 13.2. The van der Waals surface area contributed by atoms with E-state index < -0.39 is 0 Å². The first kappa shape index (κ1) is 34.0. The van der Waals surface area contributed by atoms with E-state index in [9.17, 15) is 0 Å². The molecule has 0 aliphatic carbocycles. The maximum absolute atomic E-state index is 2.52. The van der Waals surface area contributed by atoms with Gasteiger partial charge in [0.25, 0.3) is 0 Å². The standard InChI is InChI=1S/C56H40Se/c1-33-16-13-17-34(2)50(33)55-42-24-9-5-20-38(42)52(39-21-6-10-25-43(39)55)37-30-31-46-49(32-37)57-48-29-15-28-47(54(46)48)53-40-22-7-11-26-44(40)56(45-27-12-8-23-41(45)53)51-35(3)18-14-19-36(51)4/h5-32H,1-4H3. The van der Waals surface area contributed by atoms with Crippen LogP contribution in [0, 0.1) is 27.7 Å². The molecule has 0 saturated carbocycles. The molecule has 0 radical (unpaired) electrons. The van der Waals surface area contributed by atoms with E-state index in [0.717, 1.165) is 0 Å². The van der Waals surface area contributed by atoms with Crippen molar-refractivity contribution in [2.75, 3.05) is 0 Å². The molecule has 11 rings (SSSR count). The van der Waals surface area contributed by atoms with Gasteiger partial charge in [-0.05, 0) is 0 Å². The summed E-state index contributed by atoms with van der Waals surface area (Å²) in [5.41, 5.74) is 15.9. The van der Waals surface area contributed by atoms with Gasteiger partial charge in [-0.3, -0.25) is 0 Å². The minimum absolute atomic E-state index is 0.171. The van der Waals surface area contributed by atoms with Crippen LogP contribution in [0.2, 0.25) is 0 Å². The van der Waals surface area contributed by atoms with Crippen molar-refractivity contribution in [2.24, 2.45) is 0 Å². The third-order valence-corrected chi connectivity index (χ3v) is 14.7. The summed E-state index contributed by atoms with van der Waals surface area (Å²) in [6, 6.07) is 64.0. The van der Waals surface area contributed by atoms with Crippen molar-refractivity contribution in [1.82, 2.24) is 0 Å². The number of aryl methyl sites for hydroxylation is 4. The van der Waals surface area contributed by atoms with E-state index in [4.69, 9.17) is 0 Å². The van der Waals surface area contributed by atoms with Gasteiger partial charge in [0.2, 0.25) is 0 Å². The molecule has 0 N–H and O–H groups in total. The van der Waals surface area contributed by atoms with Gasteiger partial charge >= 0.3 is 341 Å². The van der Waals surface area contributed by atoms with Crippen LogP contribution in [0.4, 0.5) is 0 Å². The summed E-state index contributed by atoms with van der Waals surface area (Å²) in [5.74, 6) is 0. The topological polar surface area (TPSA) is 0 Å². The Balaban J connectivity index is 1.18. The molecule has 0 aliphatic heterocycles. The summed E-state index contributed by atoms with van der Waals surface area (Å²) >= 11 is 0.171. The van der Waals surface area contributed by atoms with Gasteiger partial charge in [-0.2, -0.15) is 0 Å². The minimum atomic E-state index is 0.171. The van der Waals surface area contributed by atoms with E-state index in [2.05, 4.69) is 198 Å². The first-order chi connectivity index (χ1) is 28.0. The van der Waals surface area contributed by atoms with Crippen molar-refractivity contribution in [2.45, 2.75) is 27.7 Å². The van der Waals surface area contributed by atoms with Gasteiger partial charge in [0.05, 0.1) is 0 Å². The van der Waals surface area contributed by atoms with Crippen molar-refractivity contribution >= 4 is 76.9 Å². The Morgan fingerprint density at radius 2 is 0.667 bits per heavy atom. The van der Waals surface area contributed by atoms with E-state index in [-0.39, 0.29) is 14.5 Å². The van der Waals surface area contributed by atoms with Crippen molar-refractivity contribution in [3.63, 3.8) is 0 Å². The Bertz CT molecular complexity index is 3290. The summed E-state index contributed by atoms with van der Waals surface area (Å²) < 4.78 is 2.91. The molecule has 0 nitrogen and oxygen atoms in total. The number of hydrogen-bond donors (Lipinski definition) is 0. The van der Waals surface area contributed by atoms with Gasteiger partial charge in [0, 0.05) is 0 Å². The molecule has 0 atom stereocenters. The first-order valence-corrected chi connectivity index (χ1v) is 21.7. The molecule has 10 aromatic carbocycles. The molecule has 0 saturated heterocycles. The second-order valence-electron chi connectivity index (χ2n) is 15.7. The first-order valence-electron chi connectivity index (χ1n) is 19.9. The molecule has 57 heavy (non-hydrogen) atoms. The molecule has 0 amide bonds. The van der Waals surface area contributed by atoms with E-state index in [1.54, 1.807) is 0 Å². The molecule has 0 fully saturated rings. The van der Waals surface area contributed by atoms with Gasteiger partial charge in [0.1, 0.15) is 0 Å². The predicted octanol–water partition coefficient (Wildman–Crippen LogP) is 15.6. The van der Waals surface area contributed by atoms with Crippen LogP contribution in [-0.4, -0.2) is 14.5 Å². The Morgan fingerprint density at radius 1 is 0.281 bits per heavy atom. The number of fused-ring (bicyclic) bond motifs is 7. The molecular formula is C56H40Se. The number of hydrogen-bond acceptors (Lipinski definition) is 0. The second kappa shape index (κ2) is 13.2. The predicted molar refractivity (Wildman–Crippen MR) is 249 cm³/mol. The summed E-state index contributed by atoms with van der Waals surface area (Å²) in [6.07, 6.45) is 0. The summed E-state index contributed by atoms with van der Waals surface area (Å²) in [7, 11) is 0. The Morgan fingerprint density at radius 3 is 1.11 bits per heavy atom. The molecule has 0 spiro atoms. The molecule has 0 unspecified atom stereocenters. The van der Waals surface area contributed by atoms with Crippen molar-refractivity contribution < 1.29 is 0 Å². The quantitative estimate of drug-likeness (QED) is 0.123. The fourth-order valence-electron chi connectivity index (χ4n) is 10.0. The van der Waals surface area contributed by atoms with Gasteiger partial charge in [-0.15, -0.1) is 0 Å². The van der Waals surface area contributed by atoms with Gasteiger partial charge in [-0.1, -0.05) is 0 Å². The third kappa shape index (κ3) is 5.13. The fraction of sp³-hybridized carbons (Fsp3) is 0.0714. The van der Waals surface area contributed by atoms with Gasteiger partial charge in [0.15, 0.2) is 0 Å². The molecule has 0 aliphatic rings. The summed E-state index contributed by atoms with van der Waals surface area (Å²) in [6.45, 7) is 9.00. The number of benzene rings is 10. The van der Waals surface area contributed by atoms with Crippen LogP contribution in [-0.2, 0) is 0 Å². The SMILES string of the molecule is Cc1cccc(C)c1-c1c2ccccc2c(-c2ccc3c(c2)[se]c2cccc(-c4c5ccccc5c(-c5c(C)cccc5C)c5ccccc45)c23)c2ccccc12. The fourth-order valence-corrected chi connectivity index (χ4v) is 12.5. The van der Waals surface area contributed by atoms with Crippen molar-refractivity contribution in [3.8, 4) is 44.5 Å². The third-order valence-electron chi connectivity index (χ3n) is 12.4. The van der Waals surface area contributed by atoms with E-state index >= 15 is 0 Å². The molecule has 11 aromatic rings. The van der Waals surface area contributed by atoms with Crippen LogP contribution in [0.25, 0.3) is 107 Å². The van der Waals surface area contributed by atoms with Crippen LogP contribution >= 0.6 is 0 Å². The van der Waals surface area contributed by atoms with Crippen LogP contribution in [0.1, 0.15) is 22.3 Å². The van der Waals surface area contributed by atoms with Crippen LogP contribution in [0.15, 0.2) is 170 Å².